The molecular weight excluding hydrogens is 550 g/mol. The molecule has 5 rings (SSSR count). The van der Waals surface area contributed by atoms with Gasteiger partial charge in [-0.1, -0.05) is 24.3 Å². The number of hydrogen-bond donors (Lipinski definition) is 1. The van der Waals surface area contributed by atoms with E-state index in [4.69, 9.17) is 18.9 Å². The van der Waals surface area contributed by atoms with Gasteiger partial charge in [-0.05, 0) is 71.4 Å². The fourth-order valence-electron chi connectivity index (χ4n) is 5.75. The summed E-state index contributed by atoms with van der Waals surface area (Å²) in [7, 11) is 3.25. The maximum atomic E-state index is 13.9. The second-order valence-electron chi connectivity index (χ2n) is 9.89. The van der Waals surface area contributed by atoms with Crippen LogP contribution in [0.4, 0.5) is 0 Å². The Morgan fingerprint density at radius 3 is 2.61 bits per heavy atom. The summed E-state index contributed by atoms with van der Waals surface area (Å²) in [5, 5.41) is 3.41. The van der Waals surface area contributed by atoms with Gasteiger partial charge in [0.25, 0.3) is 0 Å². The van der Waals surface area contributed by atoms with Crippen molar-refractivity contribution in [1.29, 1.82) is 0 Å². The highest BCUT2D eigenvalue weighted by molar-refractivity contribution is 9.10. The molecule has 1 saturated heterocycles. The average molecular weight is 582 g/mol. The molecule has 2 aliphatic heterocycles. The van der Waals surface area contributed by atoms with Gasteiger partial charge < -0.3 is 24.3 Å². The van der Waals surface area contributed by atoms with Gasteiger partial charge in [-0.15, -0.1) is 0 Å². The second kappa shape index (κ2) is 11.3. The van der Waals surface area contributed by atoms with E-state index in [0.717, 1.165) is 39.9 Å². The molecule has 2 aromatic rings. The largest absolute Gasteiger partial charge is 0.496 e. The van der Waals surface area contributed by atoms with E-state index in [0.29, 0.717) is 42.0 Å². The Balaban J connectivity index is 1.53. The number of ketones is 1. The first kappa shape index (κ1) is 26.5. The van der Waals surface area contributed by atoms with Crippen LogP contribution in [0.2, 0.25) is 0 Å². The monoisotopic (exact) mass is 581 g/mol. The molecule has 3 atom stereocenters. The molecule has 0 aromatic heterocycles. The third kappa shape index (κ3) is 5.12. The van der Waals surface area contributed by atoms with Gasteiger partial charge in [-0.2, -0.15) is 0 Å². The number of carbonyl (C=O) groups is 2. The standard InChI is InChI=1S/C30H32BrNO6/c1-17-27(30(34)38-16-20-7-6-12-37-20)28(18-10-11-26(36-3)22(31)13-18)29-23(32-17)14-19(15-24(29)33)21-8-4-5-9-25(21)35-2/h4-5,8-11,13,19-20,28,32H,6-7,12,14-16H2,1-3H3/t19-,20-,28+/m0/s1. The van der Waals surface area contributed by atoms with Gasteiger partial charge in [0.2, 0.25) is 0 Å². The molecule has 0 amide bonds. The summed E-state index contributed by atoms with van der Waals surface area (Å²) in [5.41, 5.74) is 4.41. The highest BCUT2D eigenvalue weighted by atomic mass is 79.9. The molecule has 8 heteroatoms. The predicted molar refractivity (Wildman–Crippen MR) is 146 cm³/mol. The van der Waals surface area contributed by atoms with Crippen LogP contribution in [0.3, 0.4) is 0 Å². The fourth-order valence-corrected chi connectivity index (χ4v) is 6.31. The summed E-state index contributed by atoms with van der Waals surface area (Å²) in [6.07, 6.45) is 2.71. The lowest BCUT2D eigenvalue weighted by atomic mass is 9.71. The van der Waals surface area contributed by atoms with Crippen molar-refractivity contribution in [1.82, 2.24) is 5.32 Å². The quantitative estimate of drug-likeness (QED) is 0.429. The Bertz CT molecular complexity index is 1310. The molecule has 0 radical (unpaired) electrons. The van der Waals surface area contributed by atoms with Crippen LogP contribution in [0.1, 0.15) is 55.6 Å². The number of ether oxygens (including phenoxy) is 4. The molecule has 2 heterocycles. The van der Waals surface area contributed by atoms with Crippen LogP contribution < -0.4 is 14.8 Å². The van der Waals surface area contributed by atoms with Crippen molar-refractivity contribution in [3.05, 3.63) is 80.6 Å². The Morgan fingerprint density at radius 2 is 1.89 bits per heavy atom. The summed E-state index contributed by atoms with van der Waals surface area (Å²) in [5.74, 6) is 0.417. The molecule has 0 unspecified atom stereocenters. The maximum absolute atomic E-state index is 13.9. The summed E-state index contributed by atoms with van der Waals surface area (Å²) in [6, 6.07) is 13.5. The van der Waals surface area contributed by atoms with Crippen molar-refractivity contribution in [3.63, 3.8) is 0 Å². The SMILES string of the molecule is COc1ccc([C@@H]2C(C(=O)OC[C@@H]3CCCO3)=C(C)NC3=C2C(=O)C[C@@H](c2ccccc2OC)C3)cc1Br. The molecule has 7 nitrogen and oxygen atoms in total. The lowest BCUT2D eigenvalue weighted by Gasteiger charge is -2.37. The van der Waals surface area contributed by atoms with E-state index in [1.54, 1.807) is 14.2 Å². The first-order valence-electron chi connectivity index (χ1n) is 12.9. The van der Waals surface area contributed by atoms with E-state index in [1.807, 2.05) is 49.4 Å². The van der Waals surface area contributed by atoms with Gasteiger partial charge in [0.05, 0.1) is 30.4 Å². The van der Waals surface area contributed by atoms with E-state index in [-0.39, 0.29) is 24.4 Å². The third-order valence-corrected chi connectivity index (χ3v) is 8.18. The van der Waals surface area contributed by atoms with Crippen LogP contribution in [0.25, 0.3) is 0 Å². The number of benzene rings is 2. The summed E-state index contributed by atoms with van der Waals surface area (Å²) in [6.45, 7) is 2.76. The normalized spacial score (nSPS) is 23.2. The van der Waals surface area contributed by atoms with Gasteiger partial charge >= 0.3 is 5.97 Å². The zero-order valence-electron chi connectivity index (χ0n) is 21.8. The molecule has 1 aliphatic carbocycles. The number of Topliss-reactive ketones (excluding diaryl/α,β-unsaturated/α-hetero) is 1. The van der Waals surface area contributed by atoms with Crippen LogP contribution in [0, 0.1) is 0 Å². The number of rotatable bonds is 7. The number of allylic oxidation sites excluding steroid dienone is 3. The summed E-state index contributed by atoms with van der Waals surface area (Å²) >= 11 is 3.58. The minimum Gasteiger partial charge on any atom is -0.496 e. The minimum atomic E-state index is -0.559. The molecular formula is C30H32BrNO6. The highest BCUT2D eigenvalue weighted by Crippen LogP contribution is 2.47. The molecule has 0 bridgehead atoms. The van der Waals surface area contributed by atoms with Gasteiger partial charge in [0, 0.05) is 41.8 Å². The zero-order chi connectivity index (χ0) is 26.8. The molecule has 38 heavy (non-hydrogen) atoms. The van der Waals surface area contributed by atoms with E-state index < -0.39 is 11.9 Å². The number of hydrogen-bond acceptors (Lipinski definition) is 7. The molecule has 1 fully saturated rings. The van der Waals surface area contributed by atoms with Crippen LogP contribution in [0.5, 0.6) is 11.5 Å². The number of halogens is 1. The van der Waals surface area contributed by atoms with Crippen molar-refractivity contribution >= 4 is 27.7 Å². The Morgan fingerprint density at radius 1 is 1.11 bits per heavy atom. The fraction of sp³-hybridized carbons (Fsp3) is 0.400. The van der Waals surface area contributed by atoms with Crippen LogP contribution >= 0.6 is 15.9 Å². The molecule has 2 aromatic carbocycles. The third-order valence-electron chi connectivity index (χ3n) is 7.56. The van der Waals surface area contributed by atoms with Gasteiger partial charge in [0.15, 0.2) is 5.78 Å². The van der Waals surface area contributed by atoms with Crippen molar-refractivity contribution in [2.24, 2.45) is 0 Å². The van der Waals surface area contributed by atoms with E-state index in [9.17, 15) is 9.59 Å². The average Bonchev–Trinajstić information content (AvgIpc) is 3.44. The molecule has 0 saturated carbocycles. The number of para-hydroxylation sites is 1. The van der Waals surface area contributed by atoms with Gasteiger partial charge in [-0.3, -0.25) is 4.79 Å². The maximum Gasteiger partial charge on any atom is 0.336 e. The topological polar surface area (TPSA) is 83.1 Å². The van der Waals surface area contributed by atoms with E-state index in [1.165, 1.54) is 0 Å². The second-order valence-corrected chi connectivity index (χ2v) is 10.7. The molecule has 200 valence electrons. The first-order valence-corrected chi connectivity index (χ1v) is 13.7. The minimum absolute atomic E-state index is 0.00326. The predicted octanol–water partition coefficient (Wildman–Crippen LogP) is 5.55. The van der Waals surface area contributed by atoms with E-state index >= 15 is 0 Å². The van der Waals surface area contributed by atoms with E-state index in [2.05, 4.69) is 21.2 Å². The first-order chi connectivity index (χ1) is 18.4. The smallest absolute Gasteiger partial charge is 0.336 e. The van der Waals surface area contributed by atoms with Crippen molar-refractivity contribution in [2.45, 2.75) is 50.5 Å². The van der Waals surface area contributed by atoms with Crippen LogP contribution in [0.15, 0.2) is 69.5 Å². The van der Waals surface area contributed by atoms with Gasteiger partial charge in [-0.25, -0.2) is 4.79 Å². The van der Waals surface area contributed by atoms with Crippen LogP contribution in [-0.2, 0) is 19.1 Å². The summed E-state index contributed by atoms with van der Waals surface area (Å²) < 4.78 is 23.2. The number of nitrogens with one attached hydrogen (secondary N) is 1. The zero-order valence-corrected chi connectivity index (χ0v) is 23.4. The number of methoxy groups -OCH3 is 2. The van der Waals surface area contributed by atoms with Crippen molar-refractivity contribution < 1.29 is 28.5 Å². The number of esters is 1. The highest BCUT2D eigenvalue weighted by Gasteiger charge is 2.42. The Hall–Kier alpha value is -3.10. The number of dihydropyridines is 1. The van der Waals surface area contributed by atoms with Crippen molar-refractivity contribution in [3.8, 4) is 11.5 Å². The lowest BCUT2D eigenvalue weighted by molar-refractivity contribution is -0.142. The molecule has 1 N–H and O–H groups in total. The number of carbonyl (C=O) groups excluding carboxylic acids is 2. The molecule has 0 spiro atoms. The van der Waals surface area contributed by atoms with Gasteiger partial charge in [0.1, 0.15) is 18.1 Å². The van der Waals surface area contributed by atoms with Crippen LogP contribution in [-0.4, -0.2) is 45.3 Å². The van der Waals surface area contributed by atoms with Crippen molar-refractivity contribution in [2.75, 3.05) is 27.4 Å². The Kier molecular flexibility index (Phi) is 7.91. The summed E-state index contributed by atoms with van der Waals surface area (Å²) in [4.78, 5) is 27.4. The Labute approximate surface area is 231 Å². The lowest BCUT2D eigenvalue weighted by Crippen LogP contribution is -2.36. The molecule has 3 aliphatic rings.